The second kappa shape index (κ2) is 8.70. The number of unbranched alkanes of at least 4 members (excludes halogenated alkanes) is 2. The summed E-state index contributed by atoms with van der Waals surface area (Å²) in [5.74, 6) is -0.231. The maximum Gasteiger partial charge on any atom is 0.240 e. The van der Waals surface area contributed by atoms with Crippen LogP contribution in [0.25, 0.3) is 0 Å². The first-order valence-corrected chi connectivity index (χ1v) is 8.41. The summed E-state index contributed by atoms with van der Waals surface area (Å²) in [6.07, 6.45) is 3.19. The molecule has 2 amide bonds. The molecule has 0 fully saturated rings. The molecule has 0 unspecified atom stereocenters. The van der Waals surface area contributed by atoms with Gasteiger partial charge in [-0.2, -0.15) is 0 Å². The van der Waals surface area contributed by atoms with E-state index < -0.39 is 0 Å². The number of amides is 2. The van der Waals surface area contributed by atoms with Crippen molar-refractivity contribution in [3.8, 4) is 0 Å². The van der Waals surface area contributed by atoms with E-state index in [0.717, 1.165) is 30.5 Å². The highest BCUT2D eigenvalue weighted by atomic mass is 16.2. The zero-order valence-electron chi connectivity index (χ0n) is 15.1. The Labute approximate surface area is 140 Å². The van der Waals surface area contributed by atoms with E-state index in [4.69, 9.17) is 0 Å². The first-order valence-electron chi connectivity index (χ1n) is 8.41. The lowest BCUT2D eigenvalue weighted by Gasteiger charge is -2.29. The van der Waals surface area contributed by atoms with Crippen LogP contribution in [0.4, 0.5) is 5.69 Å². The zero-order chi connectivity index (χ0) is 17.5. The van der Waals surface area contributed by atoms with Crippen LogP contribution in [0.3, 0.4) is 0 Å². The fraction of sp³-hybridized carbons (Fsp3) is 0.579. The number of carbonyl (C=O) groups is 2. The summed E-state index contributed by atoms with van der Waals surface area (Å²) in [6.45, 7) is 10.7. The van der Waals surface area contributed by atoms with Crippen LogP contribution in [-0.4, -0.2) is 24.9 Å². The molecular weight excluding hydrogens is 288 g/mol. The number of hydrogen-bond acceptors (Lipinski definition) is 2. The second-order valence-corrected chi connectivity index (χ2v) is 6.93. The first-order chi connectivity index (χ1) is 10.8. The van der Waals surface area contributed by atoms with E-state index in [-0.39, 0.29) is 23.8 Å². The fourth-order valence-electron chi connectivity index (χ4n) is 2.51. The van der Waals surface area contributed by atoms with Crippen molar-refractivity contribution in [3.05, 3.63) is 29.8 Å². The highest BCUT2D eigenvalue weighted by Crippen LogP contribution is 2.31. The van der Waals surface area contributed by atoms with Gasteiger partial charge in [0.15, 0.2) is 0 Å². The molecule has 1 aromatic rings. The predicted molar refractivity (Wildman–Crippen MR) is 95.7 cm³/mol. The van der Waals surface area contributed by atoms with Crippen molar-refractivity contribution in [2.45, 2.75) is 59.3 Å². The van der Waals surface area contributed by atoms with Crippen molar-refractivity contribution >= 4 is 17.5 Å². The molecule has 1 N–H and O–H groups in total. The molecule has 4 heteroatoms. The highest BCUT2D eigenvalue weighted by Gasteiger charge is 2.24. The number of carbonyl (C=O) groups excluding carboxylic acids is 2. The number of benzene rings is 1. The van der Waals surface area contributed by atoms with Crippen LogP contribution in [0.1, 0.15) is 59.4 Å². The highest BCUT2D eigenvalue weighted by molar-refractivity contribution is 5.98. The Morgan fingerprint density at radius 3 is 2.35 bits per heavy atom. The lowest BCUT2D eigenvalue weighted by molar-refractivity contribution is -0.123. The van der Waals surface area contributed by atoms with Gasteiger partial charge in [0.25, 0.3) is 0 Å². The van der Waals surface area contributed by atoms with Gasteiger partial charge < -0.3 is 10.2 Å². The number of nitrogens with zero attached hydrogens (tertiary/aromatic N) is 1. The molecule has 0 aliphatic rings. The third-order valence-electron chi connectivity index (χ3n) is 3.79. The van der Waals surface area contributed by atoms with Crippen molar-refractivity contribution in [3.63, 3.8) is 0 Å². The number of hydrogen-bond donors (Lipinski definition) is 1. The van der Waals surface area contributed by atoms with E-state index in [1.54, 1.807) is 4.90 Å². The summed E-state index contributed by atoms with van der Waals surface area (Å²) in [7, 11) is 0. The maximum absolute atomic E-state index is 12.2. The summed E-state index contributed by atoms with van der Waals surface area (Å²) in [4.78, 5) is 25.8. The van der Waals surface area contributed by atoms with Crippen molar-refractivity contribution in [1.82, 2.24) is 5.32 Å². The third kappa shape index (κ3) is 6.05. The minimum atomic E-state index is -0.120. The van der Waals surface area contributed by atoms with Crippen LogP contribution in [0.2, 0.25) is 0 Å². The average Bonchev–Trinajstić information content (AvgIpc) is 2.48. The first kappa shape index (κ1) is 19.2. The molecule has 0 saturated carbocycles. The van der Waals surface area contributed by atoms with Crippen LogP contribution in [0, 0.1) is 0 Å². The van der Waals surface area contributed by atoms with Crippen molar-refractivity contribution in [2.75, 3.05) is 18.0 Å². The minimum absolute atomic E-state index is 0.0640. The Bertz CT molecular complexity index is 532. The molecule has 0 heterocycles. The average molecular weight is 318 g/mol. The Hall–Kier alpha value is -1.84. The Balaban J connectivity index is 2.88. The largest absolute Gasteiger partial charge is 0.355 e. The summed E-state index contributed by atoms with van der Waals surface area (Å²) in [6, 6.07) is 7.80. The number of anilines is 1. The van der Waals surface area contributed by atoms with Crippen LogP contribution >= 0.6 is 0 Å². The van der Waals surface area contributed by atoms with E-state index in [9.17, 15) is 9.59 Å². The summed E-state index contributed by atoms with van der Waals surface area (Å²) < 4.78 is 0. The van der Waals surface area contributed by atoms with Crippen molar-refractivity contribution < 1.29 is 9.59 Å². The fourth-order valence-corrected chi connectivity index (χ4v) is 2.51. The van der Waals surface area contributed by atoms with Crippen LogP contribution in [0.5, 0.6) is 0 Å². The van der Waals surface area contributed by atoms with Crippen LogP contribution in [0.15, 0.2) is 24.3 Å². The van der Waals surface area contributed by atoms with E-state index >= 15 is 0 Å². The maximum atomic E-state index is 12.2. The Morgan fingerprint density at radius 1 is 1.13 bits per heavy atom. The van der Waals surface area contributed by atoms with E-state index in [1.165, 1.54) is 6.92 Å². The van der Waals surface area contributed by atoms with E-state index in [0.29, 0.717) is 6.54 Å². The predicted octanol–water partition coefficient (Wildman–Crippen LogP) is 3.64. The van der Waals surface area contributed by atoms with Gasteiger partial charge in [0, 0.05) is 19.2 Å². The molecule has 1 rings (SSSR count). The lowest BCUT2D eigenvalue weighted by atomic mass is 9.85. The standard InChI is InChI=1S/C19H30N2O2/c1-6-7-10-13-20-18(23)14-21(15(2)22)17-12-9-8-11-16(17)19(3,4)5/h8-9,11-12H,6-7,10,13-14H2,1-5H3,(H,20,23). The molecule has 0 spiro atoms. The van der Waals surface area contributed by atoms with Gasteiger partial charge in [0.1, 0.15) is 6.54 Å². The number of rotatable bonds is 7. The monoisotopic (exact) mass is 318 g/mol. The van der Waals surface area contributed by atoms with Gasteiger partial charge in [0.05, 0.1) is 0 Å². The minimum Gasteiger partial charge on any atom is -0.355 e. The number of nitrogens with one attached hydrogen (secondary N) is 1. The molecule has 0 radical (unpaired) electrons. The van der Waals surface area contributed by atoms with Gasteiger partial charge in [-0.15, -0.1) is 0 Å². The molecule has 128 valence electrons. The van der Waals surface area contributed by atoms with Crippen molar-refractivity contribution in [2.24, 2.45) is 0 Å². The van der Waals surface area contributed by atoms with Crippen molar-refractivity contribution in [1.29, 1.82) is 0 Å². The van der Waals surface area contributed by atoms with Gasteiger partial charge in [-0.25, -0.2) is 0 Å². The summed E-state index contributed by atoms with van der Waals surface area (Å²) in [5, 5.41) is 2.90. The van der Waals surface area contributed by atoms with Gasteiger partial charge in [-0.1, -0.05) is 58.7 Å². The zero-order valence-corrected chi connectivity index (χ0v) is 15.1. The van der Waals surface area contributed by atoms with Gasteiger partial charge in [-0.3, -0.25) is 9.59 Å². The SMILES string of the molecule is CCCCCNC(=O)CN(C(C)=O)c1ccccc1C(C)(C)C. The third-order valence-corrected chi connectivity index (χ3v) is 3.79. The van der Waals surface area contributed by atoms with Gasteiger partial charge >= 0.3 is 0 Å². The number of para-hydroxylation sites is 1. The van der Waals surface area contributed by atoms with Crippen LogP contribution in [-0.2, 0) is 15.0 Å². The molecule has 0 aliphatic heterocycles. The van der Waals surface area contributed by atoms with E-state index in [1.807, 2.05) is 24.3 Å². The molecule has 4 nitrogen and oxygen atoms in total. The molecule has 0 aromatic heterocycles. The Morgan fingerprint density at radius 2 is 1.78 bits per heavy atom. The lowest BCUT2D eigenvalue weighted by Crippen LogP contribution is -2.41. The summed E-state index contributed by atoms with van der Waals surface area (Å²) >= 11 is 0. The van der Waals surface area contributed by atoms with Gasteiger partial charge in [-0.05, 0) is 23.5 Å². The molecule has 23 heavy (non-hydrogen) atoms. The quantitative estimate of drug-likeness (QED) is 0.780. The van der Waals surface area contributed by atoms with Crippen LogP contribution < -0.4 is 10.2 Å². The van der Waals surface area contributed by atoms with E-state index in [2.05, 4.69) is 33.0 Å². The molecule has 0 aliphatic carbocycles. The normalized spacial score (nSPS) is 11.2. The molecule has 0 atom stereocenters. The summed E-state index contributed by atoms with van der Waals surface area (Å²) in [5.41, 5.74) is 1.78. The molecule has 1 aromatic carbocycles. The molecular formula is C19H30N2O2. The molecule has 0 bridgehead atoms. The Kier molecular flexibility index (Phi) is 7.27. The second-order valence-electron chi connectivity index (χ2n) is 6.93. The molecule has 0 saturated heterocycles. The smallest absolute Gasteiger partial charge is 0.240 e. The van der Waals surface area contributed by atoms with Gasteiger partial charge in [0.2, 0.25) is 11.8 Å². The topological polar surface area (TPSA) is 49.4 Å².